The zero-order chi connectivity index (χ0) is 23.7. The van der Waals surface area contributed by atoms with Gasteiger partial charge in [0.15, 0.2) is 5.65 Å². The van der Waals surface area contributed by atoms with Crippen LogP contribution in [-0.4, -0.2) is 35.2 Å². The molecule has 8 heteroatoms. The summed E-state index contributed by atoms with van der Waals surface area (Å²) < 4.78 is 8.31. The molecule has 2 aromatic carbocycles. The lowest BCUT2D eigenvalue weighted by Crippen LogP contribution is -2.06. The molecule has 0 atom stereocenters. The molecule has 5 rings (SSSR count). The van der Waals surface area contributed by atoms with Crippen LogP contribution < -0.4 is 4.74 Å². The molecule has 0 aliphatic heterocycles. The molecule has 0 aliphatic rings. The molecule has 5 aromatic rings. The van der Waals surface area contributed by atoms with Gasteiger partial charge in [0.1, 0.15) is 23.7 Å². The summed E-state index contributed by atoms with van der Waals surface area (Å²) in [7, 11) is 0. The summed E-state index contributed by atoms with van der Waals surface area (Å²) in [6.45, 7) is 9.49. The molecule has 0 radical (unpaired) electrons. The highest BCUT2D eigenvalue weighted by atomic mass is 16.5. The third-order valence-electron chi connectivity index (χ3n) is 6.11. The first kappa shape index (κ1) is 21.8. The highest BCUT2D eigenvalue weighted by Crippen LogP contribution is 2.25. The number of hydrogen-bond donors (Lipinski definition) is 1. The van der Waals surface area contributed by atoms with Gasteiger partial charge in [-0.1, -0.05) is 37.3 Å². The highest BCUT2D eigenvalue weighted by Gasteiger charge is 2.14. The SMILES string of the molecule is CCc1nc2c(C)cc(C)nc2n1Cc1ccc(OCc2cccc(-c3nn[nH]n3)c2C)cc1. The van der Waals surface area contributed by atoms with Crippen LogP contribution in [-0.2, 0) is 19.6 Å². The van der Waals surface area contributed by atoms with Gasteiger partial charge in [0.05, 0.1) is 6.54 Å². The van der Waals surface area contributed by atoms with Crippen molar-refractivity contribution in [2.45, 2.75) is 47.3 Å². The van der Waals surface area contributed by atoms with Gasteiger partial charge in [0, 0.05) is 17.7 Å². The second kappa shape index (κ2) is 9.05. The van der Waals surface area contributed by atoms with E-state index in [1.54, 1.807) is 0 Å². The van der Waals surface area contributed by atoms with E-state index < -0.39 is 0 Å². The molecule has 0 saturated heterocycles. The van der Waals surface area contributed by atoms with Crippen molar-refractivity contribution in [3.05, 3.63) is 82.3 Å². The molecule has 1 N–H and O–H groups in total. The standard InChI is InChI=1S/C26H27N7O/c1-5-23-28-24-16(2)13-17(3)27-26(24)33(23)14-19-9-11-21(12-10-19)34-15-20-7-6-8-22(18(20)4)25-29-31-32-30-25/h6-13H,5,14-15H2,1-4H3,(H,29,30,31,32). The maximum atomic E-state index is 6.09. The van der Waals surface area contributed by atoms with Crippen LogP contribution >= 0.6 is 0 Å². The molecule has 0 fully saturated rings. The summed E-state index contributed by atoms with van der Waals surface area (Å²) in [6, 6.07) is 16.4. The van der Waals surface area contributed by atoms with Gasteiger partial charge in [-0.2, -0.15) is 5.21 Å². The Labute approximate surface area is 198 Å². The summed E-state index contributed by atoms with van der Waals surface area (Å²) in [4.78, 5) is 9.62. The molecule has 0 unspecified atom stereocenters. The Bertz CT molecular complexity index is 1440. The van der Waals surface area contributed by atoms with E-state index in [0.717, 1.165) is 58.1 Å². The summed E-state index contributed by atoms with van der Waals surface area (Å²) in [6.07, 6.45) is 0.859. The van der Waals surface area contributed by atoms with Crippen molar-refractivity contribution in [3.63, 3.8) is 0 Å². The number of fused-ring (bicyclic) bond motifs is 1. The second-order valence-corrected chi connectivity index (χ2v) is 8.48. The minimum atomic E-state index is 0.464. The molecule has 0 aliphatic carbocycles. The smallest absolute Gasteiger partial charge is 0.204 e. The van der Waals surface area contributed by atoms with Crippen LogP contribution in [0.5, 0.6) is 5.75 Å². The highest BCUT2D eigenvalue weighted by molar-refractivity contribution is 5.76. The zero-order valence-electron chi connectivity index (χ0n) is 19.8. The number of nitrogens with zero attached hydrogens (tertiary/aromatic N) is 6. The summed E-state index contributed by atoms with van der Waals surface area (Å²) >= 11 is 0. The Morgan fingerprint density at radius 3 is 2.56 bits per heavy atom. The lowest BCUT2D eigenvalue weighted by atomic mass is 10.0. The van der Waals surface area contributed by atoms with Crippen LogP contribution in [0.2, 0.25) is 0 Å². The van der Waals surface area contributed by atoms with Gasteiger partial charge >= 0.3 is 0 Å². The predicted molar refractivity (Wildman–Crippen MR) is 131 cm³/mol. The topological polar surface area (TPSA) is 94.4 Å². The summed E-state index contributed by atoms with van der Waals surface area (Å²) in [5, 5.41) is 14.3. The number of H-pyrrole nitrogens is 1. The number of aryl methyl sites for hydroxylation is 3. The van der Waals surface area contributed by atoms with Crippen molar-refractivity contribution < 1.29 is 4.74 Å². The molecule has 0 saturated carbocycles. The summed E-state index contributed by atoms with van der Waals surface area (Å²) in [5.74, 6) is 2.46. The third-order valence-corrected chi connectivity index (χ3v) is 6.11. The van der Waals surface area contributed by atoms with Crippen molar-refractivity contribution in [3.8, 4) is 17.1 Å². The fraction of sp³-hybridized carbons (Fsp3) is 0.269. The van der Waals surface area contributed by atoms with E-state index in [4.69, 9.17) is 14.7 Å². The number of aromatic nitrogens is 7. The van der Waals surface area contributed by atoms with Gasteiger partial charge in [-0.3, -0.25) is 0 Å². The minimum Gasteiger partial charge on any atom is -0.489 e. The molecule has 0 spiro atoms. The molecular formula is C26H27N7O. The number of ether oxygens (including phenoxy) is 1. The summed E-state index contributed by atoms with van der Waals surface area (Å²) in [5.41, 5.74) is 8.40. The van der Waals surface area contributed by atoms with E-state index in [9.17, 15) is 0 Å². The van der Waals surface area contributed by atoms with Crippen LogP contribution in [0.15, 0.2) is 48.5 Å². The normalized spacial score (nSPS) is 11.3. The number of aromatic amines is 1. The molecule has 0 amide bonds. The molecule has 0 bridgehead atoms. The number of nitrogens with one attached hydrogen (secondary N) is 1. The van der Waals surface area contributed by atoms with Crippen LogP contribution in [0.3, 0.4) is 0 Å². The number of benzene rings is 2. The molecule has 172 valence electrons. The van der Waals surface area contributed by atoms with Gasteiger partial charge in [-0.05, 0) is 66.4 Å². The van der Waals surface area contributed by atoms with Crippen LogP contribution in [0, 0.1) is 20.8 Å². The average Bonchev–Trinajstić information content (AvgIpc) is 3.48. The van der Waals surface area contributed by atoms with Crippen molar-refractivity contribution in [1.82, 2.24) is 35.2 Å². The Morgan fingerprint density at radius 2 is 1.82 bits per heavy atom. The first-order chi connectivity index (χ1) is 16.5. The van der Waals surface area contributed by atoms with Crippen LogP contribution in [0.1, 0.15) is 40.7 Å². The molecular weight excluding hydrogens is 426 g/mol. The first-order valence-corrected chi connectivity index (χ1v) is 11.4. The zero-order valence-corrected chi connectivity index (χ0v) is 19.8. The van der Waals surface area contributed by atoms with Crippen LogP contribution in [0.4, 0.5) is 0 Å². The minimum absolute atomic E-state index is 0.464. The molecule has 8 nitrogen and oxygen atoms in total. The van der Waals surface area contributed by atoms with Crippen molar-refractivity contribution in [2.24, 2.45) is 0 Å². The molecule has 3 aromatic heterocycles. The van der Waals surface area contributed by atoms with Crippen LogP contribution in [0.25, 0.3) is 22.6 Å². The lowest BCUT2D eigenvalue weighted by molar-refractivity contribution is 0.305. The second-order valence-electron chi connectivity index (χ2n) is 8.48. The van der Waals surface area contributed by atoms with Crippen molar-refractivity contribution in [1.29, 1.82) is 0 Å². The van der Waals surface area contributed by atoms with Crippen molar-refractivity contribution >= 4 is 11.2 Å². The quantitative estimate of drug-likeness (QED) is 0.383. The predicted octanol–water partition coefficient (Wildman–Crippen LogP) is 4.73. The van der Waals surface area contributed by atoms with E-state index in [1.807, 2.05) is 38.1 Å². The molecule has 3 heterocycles. The fourth-order valence-corrected chi connectivity index (χ4v) is 4.28. The molecule has 34 heavy (non-hydrogen) atoms. The average molecular weight is 454 g/mol. The van der Waals surface area contributed by atoms with Gasteiger partial charge in [0.2, 0.25) is 5.82 Å². The van der Waals surface area contributed by atoms with Gasteiger partial charge in [-0.25, -0.2) is 9.97 Å². The van der Waals surface area contributed by atoms with E-state index in [0.29, 0.717) is 12.4 Å². The monoisotopic (exact) mass is 453 g/mol. The number of rotatable bonds is 7. The van der Waals surface area contributed by atoms with Gasteiger partial charge in [0.25, 0.3) is 0 Å². The van der Waals surface area contributed by atoms with Gasteiger partial charge in [-0.15, -0.1) is 10.2 Å². The van der Waals surface area contributed by atoms with Crippen molar-refractivity contribution in [2.75, 3.05) is 0 Å². The number of imidazole rings is 1. The maximum absolute atomic E-state index is 6.09. The van der Waals surface area contributed by atoms with E-state index in [-0.39, 0.29) is 0 Å². The first-order valence-electron chi connectivity index (χ1n) is 11.4. The number of pyridine rings is 1. The van der Waals surface area contributed by atoms with E-state index in [2.05, 4.69) is 63.3 Å². The maximum Gasteiger partial charge on any atom is 0.204 e. The Morgan fingerprint density at radius 1 is 1.00 bits per heavy atom. The third kappa shape index (κ3) is 4.14. The Hall–Kier alpha value is -4.07. The Balaban J connectivity index is 1.32. The van der Waals surface area contributed by atoms with E-state index >= 15 is 0 Å². The van der Waals surface area contributed by atoms with E-state index in [1.165, 1.54) is 11.1 Å². The lowest BCUT2D eigenvalue weighted by Gasteiger charge is -2.12. The number of hydrogen-bond acceptors (Lipinski definition) is 6. The largest absolute Gasteiger partial charge is 0.489 e. The number of tetrazole rings is 1. The van der Waals surface area contributed by atoms with Gasteiger partial charge < -0.3 is 9.30 Å². The Kier molecular flexibility index (Phi) is 5.79. The fourth-order valence-electron chi connectivity index (χ4n) is 4.28.